The van der Waals surface area contributed by atoms with Crippen LogP contribution in [0.15, 0.2) is 0 Å². The van der Waals surface area contributed by atoms with E-state index in [1.54, 1.807) is 0 Å². The smallest absolute Gasteiger partial charge is 0.00930 e. The maximum atomic E-state index is 3.51. The molecule has 0 bridgehead atoms. The second-order valence-corrected chi connectivity index (χ2v) is 3.12. The number of nitrogens with one attached hydrogen (secondary N) is 1. The van der Waals surface area contributed by atoms with Gasteiger partial charge in [0.05, 0.1) is 0 Å². The summed E-state index contributed by atoms with van der Waals surface area (Å²) in [6.45, 7) is 5.85. The molecule has 0 saturated carbocycles. The molecule has 54 valence electrons. The van der Waals surface area contributed by atoms with Crippen molar-refractivity contribution in [2.45, 2.75) is 39.2 Å². The summed E-state index contributed by atoms with van der Waals surface area (Å²) < 4.78 is 0. The van der Waals surface area contributed by atoms with Gasteiger partial charge in [0, 0.05) is 6.04 Å². The summed E-state index contributed by atoms with van der Waals surface area (Å²) in [4.78, 5) is 0. The van der Waals surface area contributed by atoms with Crippen molar-refractivity contribution in [3.63, 3.8) is 0 Å². The van der Waals surface area contributed by atoms with E-state index in [1.165, 1.54) is 25.8 Å². The van der Waals surface area contributed by atoms with Gasteiger partial charge in [-0.15, -0.1) is 0 Å². The molecule has 2 unspecified atom stereocenters. The van der Waals surface area contributed by atoms with Crippen LogP contribution in [0.4, 0.5) is 0 Å². The minimum atomic E-state index is 0.829. The van der Waals surface area contributed by atoms with E-state index in [0.717, 1.165) is 12.0 Å². The Morgan fingerprint density at radius 3 is 2.78 bits per heavy atom. The molecule has 0 amide bonds. The molecule has 1 rings (SSSR count). The molecule has 1 fully saturated rings. The third kappa shape index (κ3) is 1.68. The zero-order valence-electron chi connectivity index (χ0n) is 6.48. The summed E-state index contributed by atoms with van der Waals surface area (Å²) in [5.74, 6) is 0.921. The third-order valence-corrected chi connectivity index (χ3v) is 2.29. The van der Waals surface area contributed by atoms with Crippen LogP contribution in [0, 0.1) is 5.92 Å². The van der Waals surface area contributed by atoms with Crippen LogP contribution in [0.3, 0.4) is 0 Å². The first-order valence-corrected chi connectivity index (χ1v) is 4.08. The number of hydrogen-bond acceptors (Lipinski definition) is 1. The van der Waals surface area contributed by atoms with Crippen molar-refractivity contribution < 1.29 is 0 Å². The second-order valence-electron chi connectivity index (χ2n) is 3.12. The highest BCUT2D eigenvalue weighted by atomic mass is 14.9. The maximum absolute atomic E-state index is 3.51. The standard InChI is InChI=1S/C8H17N/c1-3-4-8-7(2)5-6-9-8/h7-9H,3-6H2,1-2H3. The Hall–Kier alpha value is -0.0400. The fraction of sp³-hybridized carbons (Fsp3) is 1.00. The molecule has 0 spiro atoms. The largest absolute Gasteiger partial charge is 0.314 e. The van der Waals surface area contributed by atoms with Gasteiger partial charge in [-0.2, -0.15) is 0 Å². The Morgan fingerprint density at radius 2 is 2.33 bits per heavy atom. The fourth-order valence-corrected chi connectivity index (χ4v) is 1.60. The van der Waals surface area contributed by atoms with Crippen molar-refractivity contribution in [1.29, 1.82) is 0 Å². The van der Waals surface area contributed by atoms with Gasteiger partial charge in [-0.3, -0.25) is 0 Å². The van der Waals surface area contributed by atoms with E-state index in [4.69, 9.17) is 0 Å². The zero-order valence-corrected chi connectivity index (χ0v) is 6.48. The van der Waals surface area contributed by atoms with Crippen molar-refractivity contribution in [2.75, 3.05) is 6.54 Å². The molecule has 2 atom stereocenters. The Bertz CT molecular complexity index is 80.6. The van der Waals surface area contributed by atoms with Gasteiger partial charge in [-0.05, 0) is 25.3 Å². The van der Waals surface area contributed by atoms with Gasteiger partial charge in [0.2, 0.25) is 0 Å². The van der Waals surface area contributed by atoms with Crippen LogP contribution in [0.25, 0.3) is 0 Å². The summed E-state index contributed by atoms with van der Waals surface area (Å²) in [5.41, 5.74) is 0. The van der Waals surface area contributed by atoms with Gasteiger partial charge in [0.15, 0.2) is 0 Å². The Balaban J connectivity index is 2.22. The fourth-order valence-electron chi connectivity index (χ4n) is 1.60. The lowest BCUT2D eigenvalue weighted by molar-refractivity contribution is 0.449. The summed E-state index contributed by atoms with van der Waals surface area (Å²) in [5, 5.41) is 3.51. The first kappa shape index (κ1) is 7.07. The molecule has 1 saturated heterocycles. The Labute approximate surface area is 57.8 Å². The van der Waals surface area contributed by atoms with Gasteiger partial charge in [0.1, 0.15) is 0 Å². The molecular weight excluding hydrogens is 110 g/mol. The topological polar surface area (TPSA) is 12.0 Å². The van der Waals surface area contributed by atoms with Crippen molar-refractivity contribution in [3.05, 3.63) is 0 Å². The second kappa shape index (κ2) is 3.21. The summed E-state index contributed by atoms with van der Waals surface area (Å²) in [6, 6.07) is 0.829. The average molecular weight is 127 g/mol. The van der Waals surface area contributed by atoms with Gasteiger partial charge < -0.3 is 5.32 Å². The molecule has 0 aromatic rings. The van der Waals surface area contributed by atoms with Crippen LogP contribution in [-0.2, 0) is 0 Å². The summed E-state index contributed by atoms with van der Waals surface area (Å²) >= 11 is 0. The molecule has 1 N–H and O–H groups in total. The molecule has 0 aromatic carbocycles. The predicted molar refractivity (Wildman–Crippen MR) is 40.5 cm³/mol. The highest BCUT2D eigenvalue weighted by Crippen LogP contribution is 2.17. The molecule has 9 heavy (non-hydrogen) atoms. The van der Waals surface area contributed by atoms with Crippen LogP contribution in [0.1, 0.15) is 33.1 Å². The van der Waals surface area contributed by atoms with E-state index in [1.807, 2.05) is 0 Å². The molecule has 1 aliphatic heterocycles. The molecule has 1 heterocycles. The molecule has 1 aliphatic rings. The number of rotatable bonds is 2. The summed E-state index contributed by atoms with van der Waals surface area (Å²) in [6.07, 6.45) is 4.06. The van der Waals surface area contributed by atoms with Crippen LogP contribution >= 0.6 is 0 Å². The first-order valence-electron chi connectivity index (χ1n) is 4.08. The molecule has 1 heteroatoms. The molecule has 0 aliphatic carbocycles. The minimum Gasteiger partial charge on any atom is -0.314 e. The van der Waals surface area contributed by atoms with E-state index in [-0.39, 0.29) is 0 Å². The van der Waals surface area contributed by atoms with E-state index >= 15 is 0 Å². The Morgan fingerprint density at radius 1 is 1.56 bits per heavy atom. The van der Waals surface area contributed by atoms with E-state index in [0.29, 0.717) is 0 Å². The lowest BCUT2D eigenvalue weighted by atomic mass is 10.00. The first-order chi connectivity index (χ1) is 4.34. The van der Waals surface area contributed by atoms with Crippen molar-refractivity contribution in [1.82, 2.24) is 5.32 Å². The summed E-state index contributed by atoms with van der Waals surface area (Å²) in [7, 11) is 0. The van der Waals surface area contributed by atoms with Crippen molar-refractivity contribution in [2.24, 2.45) is 5.92 Å². The van der Waals surface area contributed by atoms with Crippen LogP contribution in [0.5, 0.6) is 0 Å². The lowest BCUT2D eigenvalue weighted by Gasteiger charge is -2.13. The van der Waals surface area contributed by atoms with E-state index in [2.05, 4.69) is 19.2 Å². The zero-order chi connectivity index (χ0) is 6.69. The SMILES string of the molecule is CCCC1NCCC1C. The third-order valence-electron chi connectivity index (χ3n) is 2.29. The highest BCUT2D eigenvalue weighted by Gasteiger charge is 2.20. The minimum absolute atomic E-state index is 0.829. The molecule has 1 nitrogen and oxygen atoms in total. The number of hydrogen-bond donors (Lipinski definition) is 1. The Kier molecular flexibility index (Phi) is 2.52. The van der Waals surface area contributed by atoms with Crippen LogP contribution < -0.4 is 5.32 Å². The predicted octanol–water partition coefficient (Wildman–Crippen LogP) is 1.78. The quantitative estimate of drug-likeness (QED) is 0.596. The monoisotopic (exact) mass is 127 g/mol. The van der Waals surface area contributed by atoms with Gasteiger partial charge in [-0.25, -0.2) is 0 Å². The highest BCUT2D eigenvalue weighted by molar-refractivity contribution is 4.79. The van der Waals surface area contributed by atoms with Gasteiger partial charge in [-0.1, -0.05) is 20.3 Å². The molecule has 0 aromatic heterocycles. The van der Waals surface area contributed by atoms with E-state index < -0.39 is 0 Å². The van der Waals surface area contributed by atoms with Crippen molar-refractivity contribution in [3.8, 4) is 0 Å². The normalized spacial score (nSPS) is 35.3. The molecule has 0 radical (unpaired) electrons. The van der Waals surface area contributed by atoms with Gasteiger partial charge in [0.25, 0.3) is 0 Å². The maximum Gasteiger partial charge on any atom is 0.00930 e. The van der Waals surface area contributed by atoms with Gasteiger partial charge >= 0.3 is 0 Å². The average Bonchev–Trinajstić information content (AvgIpc) is 2.18. The lowest BCUT2D eigenvalue weighted by Crippen LogP contribution is -2.24. The van der Waals surface area contributed by atoms with Crippen LogP contribution in [0.2, 0.25) is 0 Å². The van der Waals surface area contributed by atoms with Crippen LogP contribution in [-0.4, -0.2) is 12.6 Å². The van der Waals surface area contributed by atoms with E-state index in [9.17, 15) is 0 Å². The van der Waals surface area contributed by atoms with Crippen molar-refractivity contribution >= 4 is 0 Å². The molecular formula is C8H17N.